The van der Waals surface area contributed by atoms with E-state index >= 15 is 0 Å². The molecule has 1 aliphatic heterocycles. The van der Waals surface area contributed by atoms with Crippen molar-refractivity contribution in [2.45, 2.75) is 13.0 Å². The smallest absolute Gasteiger partial charge is 0.261 e. The van der Waals surface area contributed by atoms with E-state index in [1.807, 2.05) is 31.2 Å². The lowest BCUT2D eigenvalue weighted by Gasteiger charge is -2.34. The highest BCUT2D eigenvalue weighted by Gasteiger charge is 2.21. The first-order chi connectivity index (χ1) is 18.0. The van der Waals surface area contributed by atoms with E-state index in [-0.39, 0.29) is 11.6 Å². The van der Waals surface area contributed by atoms with Crippen LogP contribution in [0.15, 0.2) is 65.6 Å². The molecule has 37 heavy (non-hydrogen) atoms. The summed E-state index contributed by atoms with van der Waals surface area (Å²) in [7, 11) is 2.14. The molecule has 4 heterocycles. The van der Waals surface area contributed by atoms with Gasteiger partial charge < -0.3 is 25.1 Å². The van der Waals surface area contributed by atoms with Gasteiger partial charge in [0.15, 0.2) is 0 Å². The number of hydrogen-bond acceptors (Lipinski definition) is 6. The number of benzene rings is 2. The van der Waals surface area contributed by atoms with Gasteiger partial charge in [0.1, 0.15) is 17.2 Å². The topological polar surface area (TPSA) is 92.9 Å². The van der Waals surface area contributed by atoms with Crippen molar-refractivity contribution in [3.05, 3.63) is 82.7 Å². The standard InChI is InChI=1S/C28H28FN7O/c1-17(21-5-3-4-10-30-21)31-26-20-8-6-18(29)15-23(20)34-28(37)25(26)27-32-22-9-7-19(16-24(22)33-27)36-13-11-35(2)12-14-36/h3-10,15-17H,11-14H2,1-2H3,(H,32,33)(H2,31,34,37)/t17-/m0/s1. The van der Waals surface area contributed by atoms with Crippen LogP contribution < -0.4 is 15.8 Å². The van der Waals surface area contributed by atoms with Crippen LogP contribution in [0.2, 0.25) is 0 Å². The normalized spacial score (nSPS) is 15.4. The van der Waals surface area contributed by atoms with Crippen molar-refractivity contribution in [1.82, 2.24) is 24.8 Å². The Bertz CT molecular complexity index is 1640. The number of halogens is 1. The highest BCUT2D eigenvalue weighted by molar-refractivity contribution is 5.99. The second-order valence-electron chi connectivity index (χ2n) is 9.59. The molecule has 0 radical (unpaired) electrons. The highest BCUT2D eigenvalue weighted by Crippen LogP contribution is 2.34. The number of nitrogens with zero attached hydrogens (tertiary/aromatic N) is 4. The summed E-state index contributed by atoms with van der Waals surface area (Å²) in [4.78, 5) is 33.5. The number of H-pyrrole nitrogens is 2. The fourth-order valence-electron chi connectivity index (χ4n) is 4.95. The lowest BCUT2D eigenvalue weighted by atomic mass is 10.1. The minimum Gasteiger partial charge on any atom is -0.376 e. The van der Waals surface area contributed by atoms with E-state index in [4.69, 9.17) is 4.98 Å². The van der Waals surface area contributed by atoms with E-state index in [1.54, 1.807) is 12.3 Å². The number of aromatic nitrogens is 4. The Morgan fingerprint density at radius 2 is 1.84 bits per heavy atom. The largest absolute Gasteiger partial charge is 0.376 e. The van der Waals surface area contributed by atoms with Crippen LogP contribution in [0.5, 0.6) is 0 Å². The quantitative estimate of drug-likeness (QED) is 0.330. The molecule has 0 saturated carbocycles. The molecule has 0 bridgehead atoms. The number of pyridine rings is 2. The predicted molar refractivity (Wildman–Crippen MR) is 146 cm³/mol. The van der Waals surface area contributed by atoms with Gasteiger partial charge in [-0.05, 0) is 62.5 Å². The third-order valence-electron chi connectivity index (χ3n) is 7.04. The van der Waals surface area contributed by atoms with Crippen LogP contribution in [-0.4, -0.2) is 58.1 Å². The lowest BCUT2D eigenvalue weighted by Crippen LogP contribution is -2.44. The van der Waals surface area contributed by atoms with Gasteiger partial charge in [-0.1, -0.05) is 6.07 Å². The van der Waals surface area contributed by atoms with Crippen molar-refractivity contribution in [1.29, 1.82) is 0 Å². The fraction of sp³-hybridized carbons (Fsp3) is 0.250. The van der Waals surface area contributed by atoms with E-state index in [1.165, 1.54) is 12.1 Å². The third-order valence-corrected chi connectivity index (χ3v) is 7.04. The van der Waals surface area contributed by atoms with Crippen molar-refractivity contribution < 1.29 is 4.39 Å². The summed E-state index contributed by atoms with van der Waals surface area (Å²) in [5.41, 5.74) is 4.59. The van der Waals surface area contributed by atoms with Gasteiger partial charge in [-0.3, -0.25) is 9.78 Å². The maximum Gasteiger partial charge on any atom is 0.261 e. The summed E-state index contributed by atoms with van der Waals surface area (Å²) in [6, 6.07) is 16.0. The zero-order valence-corrected chi connectivity index (χ0v) is 20.8. The number of aromatic amines is 2. The molecular weight excluding hydrogens is 469 g/mol. The Labute approximate surface area is 213 Å². The first-order valence-electron chi connectivity index (χ1n) is 12.4. The number of nitrogens with one attached hydrogen (secondary N) is 3. The van der Waals surface area contributed by atoms with Gasteiger partial charge in [-0.15, -0.1) is 0 Å². The van der Waals surface area contributed by atoms with Gasteiger partial charge in [0, 0.05) is 43.4 Å². The average molecular weight is 498 g/mol. The minimum atomic E-state index is -0.417. The SMILES string of the molecule is C[C@H](Nc1c(-c2nc3ccc(N4CCN(C)CC4)cc3[nH]2)c(=O)[nH]c2cc(F)ccc12)c1ccccn1. The molecule has 1 fully saturated rings. The van der Waals surface area contributed by atoms with Crippen LogP contribution >= 0.6 is 0 Å². The zero-order chi connectivity index (χ0) is 25.5. The molecule has 1 atom stereocenters. The molecule has 3 aromatic heterocycles. The summed E-state index contributed by atoms with van der Waals surface area (Å²) >= 11 is 0. The molecule has 1 aliphatic rings. The van der Waals surface area contributed by atoms with Gasteiger partial charge in [-0.25, -0.2) is 9.37 Å². The number of hydrogen-bond donors (Lipinski definition) is 3. The van der Waals surface area contributed by atoms with E-state index in [2.05, 4.69) is 49.2 Å². The van der Waals surface area contributed by atoms with Crippen LogP contribution in [0.25, 0.3) is 33.3 Å². The summed E-state index contributed by atoms with van der Waals surface area (Å²) in [6.45, 7) is 5.93. The Morgan fingerprint density at radius 1 is 1.00 bits per heavy atom. The van der Waals surface area contributed by atoms with Crippen molar-refractivity contribution in [3.63, 3.8) is 0 Å². The molecule has 0 spiro atoms. The number of piperazine rings is 1. The van der Waals surface area contributed by atoms with Crippen LogP contribution in [0.1, 0.15) is 18.7 Å². The Balaban J connectivity index is 1.46. The van der Waals surface area contributed by atoms with Gasteiger partial charge in [0.2, 0.25) is 0 Å². The second kappa shape index (κ2) is 9.33. The zero-order valence-electron chi connectivity index (χ0n) is 20.8. The third kappa shape index (κ3) is 4.42. The number of imidazole rings is 1. The maximum atomic E-state index is 14.0. The summed E-state index contributed by atoms with van der Waals surface area (Å²) in [5, 5.41) is 4.15. The van der Waals surface area contributed by atoms with Crippen LogP contribution in [0, 0.1) is 5.82 Å². The van der Waals surface area contributed by atoms with Crippen LogP contribution in [0.3, 0.4) is 0 Å². The Kier molecular flexibility index (Phi) is 5.84. The molecule has 6 rings (SSSR count). The van der Waals surface area contributed by atoms with E-state index in [0.717, 1.165) is 48.6 Å². The number of anilines is 2. The van der Waals surface area contributed by atoms with E-state index in [0.29, 0.717) is 28.0 Å². The van der Waals surface area contributed by atoms with Gasteiger partial charge in [-0.2, -0.15) is 0 Å². The monoisotopic (exact) mass is 497 g/mol. The molecule has 0 aliphatic carbocycles. The van der Waals surface area contributed by atoms with Gasteiger partial charge in [0.25, 0.3) is 5.56 Å². The summed E-state index contributed by atoms with van der Waals surface area (Å²) in [6.07, 6.45) is 1.73. The molecule has 2 aromatic carbocycles. The number of likely N-dealkylation sites (N-methyl/N-ethyl adjacent to an activating group) is 1. The highest BCUT2D eigenvalue weighted by atomic mass is 19.1. The molecule has 0 unspecified atom stereocenters. The van der Waals surface area contributed by atoms with Gasteiger partial charge in [0.05, 0.1) is 34.0 Å². The van der Waals surface area contributed by atoms with Crippen molar-refractivity contribution in [3.8, 4) is 11.4 Å². The molecular formula is C28H28FN7O. The average Bonchev–Trinajstić information content (AvgIpc) is 3.32. The predicted octanol–water partition coefficient (Wildman–Crippen LogP) is 4.53. The first kappa shape index (κ1) is 23.2. The second-order valence-corrected chi connectivity index (χ2v) is 9.59. The molecule has 1 saturated heterocycles. The number of rotatable bonds is 5. The Hall–Kier alpha value is -4.24. The van der Waals surface area contributed by atoms with Crippen molar-refractivity contribution in [2.75, 3.05) is 43.4 Å². The fourth-order valence-corrected chi connectivity index (χ4v) is 4.95. The molecule has 188 valence electrons. The molecule has 8 nitrogen and oxygen atoms in total. The first-order valence-corrected chi connectivity index (χ1v) is 12.4. The number of fused-ring (bicyclic) bond motifs is 2. The van der Waals surface area contributed by atoms with Gasteiger partial charge >= 0.3 is 0 Å². The van der Waals surface area contributed by atoms with E-state index < -0.39 is 5.82 Å². The maximum absolute atomic E-state index is 14.0. The Morgan fingerprint density at radius 3 is 2.62 bits per heavy atom. The summed E-state index contributed by atoms with van der Waals surface area (Å²) < 4.78 is 14.0. The van der Waals surface area contributed by atoms with Crippen LogP contribution in [0.4, 0.5) is 15.8 Å². The molecule has 9 heteroatoms. The van der Waals surface area contributed by atoms with E-state index in [9.17, 15) is 9.18 Å². The molecule has 0 amide bonds. The minimum absolute atomic E-state index is 0.205. The van der Waals surface area contributed by atoms with Crippen molar-refractivity contribution in [2.24, 2.45) is 0 Å². The molecule has 5 aromatic rings. The molecule has 3 N–H and O–H groups in total. The van der Waals surface area contributed by atoms with Crippen molar-refractivity contribution >= 4 is 33.3 Å². The van der Waals surface area contributed by atoms with Crippen LogP contribution in [-0.2, 0) is 0 Å². The summed E-state index contributed by atoms with van der Waals surface area (Å²) in [5.74, 6) is 0.0357. The lowest BCUT2D eigenvalue weighted by molar-refractivity contribution is 0.313.